The third-order valence-corrected chi connectivity index (χ3v) is 6.19. The second kappa shape index (κ2) is 10.8. The van der Waals surface area contributed by atoms with Crippen LogP contribution in [0.2, 0.25) is 0 Å². The van der Waals surface area contributed by atoms with Crippen molar-refractivity contribution in [3.05, 3.63) is 64.7 Å². The maximum atomic E-state index is 13.1. The first kappa shape index (κ1) is 24.6. The molecule has 1 fully saturated rings. The lowest BCUT2D eigenvalue weighted by Crippen LogP contribution is -2.49. The fourth-order valence-electron chi connectivity index (χ4n) is 4.11. The van der Waals surface area contributed by atoms with Gasteiger partial charge in [-0.2, -0.15) is 0 Å². The minimum atomic E-state index is -1.13. The molecule has 2 aliphatic heterocycles. The molecule has 0 spiro atoms. The number of ether oxygens (including phenoxy) is 2. The fourth-order valence-corrected chi connectivity index (χ4v) is 4.11. The molecule has 0 bridgehead atoms. The number of amides is 4. The van der Waals surface area contributed by atoms with Crippen molar-refractivity contribution < 1.29 is 28.7 Å². The van der Waals surface area contributed by atoms with Gasteiger partial charge in [0, 0.05) is 26.1 Å². The van der Waals surface area contributed by atoms with Crippen molar-refractivity contribution >= 4 is 23.6 Å². The zero-order chi connectivity index (χ0) is 24.9. The van der Waals surface area contributed by atoms with Crippen LogP contribution in [0.5, 0.6) is 5.75 Å². The van der Waals surface area contributed by atoms with E-state index in [1.807, 2.05) is 12.1 Å². The SMILES string of the molecule is CCC(=O)NC(=O)C(C)N1C(=O)c2cccc(OCc3ccc(CN4CCOCC4)cc3)c2C1=O. The van der Waals surface area contributed by atoms with E-state index in [-0.39, 0.29) is 29.9 Å². The van der Waals surface area contributed by atoms with Crippen molar-refractivity contribution in [1.82, 2.24) is 15.1 Å². The van der Waals surface area contributed by atoms with Crippen molar-refractivity contribution in [3.8, 4) is 5.75 Å². The molecule has 2 aliphatic rings. The molecule has 4 rings (SSSR count). The van der Waals surface area contributed by atoms with Crippen LogP contribution < -0.4 is 10.1 Å². The third kappa shape index (κ3) is 5.41. The normalized spacial score (nSPS) is 16.7. The summed E-state index contributed by atoms with van der Waals surface area (Å²) in [5, 5.41) is 2.20. The van der Waals surface area contributed by atoms with Gasteiger partial charge in [-0.25, -0.2) is 0 Å². The number of nitrogens with zero attached hydrogens (tertiary/aromatic N) is 2. The van der Waals surface area contributed by atoms with Crippen LogP contribution >= 0.6 is 0 Å². The molecule has 0 aliphatic carbocycles. The fraction of sp³-hybridized carbons (Fsp3) is 0.385. The molecular formula is C26H29N3O6. The summed E-state index contributed by atoms with van der Waals surface area (Å²) >= 11 is 0. The molecule has 1 N–H and O–H groups in total. The van der Waals surface area contributed by atoms with Gasteiger partial charge in [0.05, 0.1) is 24.3 Å². The molecule has 1 unspecified atom stereocenters. The average molecular weight is 480 g/mol. The summed E-state index contributed by atoms with van der Waals surface area (Å²) in [6.45, 7) is 7.45. The zero-order valence-electron chi connectivity index (χ0n) is 19.9. The first-order valence-corrected chi connectivity index (χ1v) is 11.7. The topological polar surface area (TPSA) is 105 Å². The molecule has 0 radical (unpaired) electrons. The Balaban J connectivity index is 1.43. The summed E-state index contributed by atoms with van der Waals surface area (Å²) < 4.78 is 11.3. The van der Waals surface area contributed by atoms with E-state index in [1.165, 1.54) is 18.6 Å². The van der Waals surface area contributed by atoms with Crippen LogP contribution in [-0.4, -0.2) is 65.8 Å². The number of rotatable bonds is 8. The highest BCUT2D eigenvalue weighted by molar-refractivity contribution is 6.24. The zero-order valence-corrected chi connectivity index (χ0v) is 19.9. The second-order valence-electron chi connectivity index (χ2n) is 8.59. The molecule has 35 heavy (non-hydrogen) atoms. The average Bonchev–Trinajstić information content (AvgIpc) is 3.13. The van der Waals surface area contributed by atoms with Gasteiger partial charge in [-0.05, 0) is 30.2 Å². The van der Waals surface area contributed by atoms with E-state index in [0.29, 0.717) is 0 Å². The van der Waals surface area contributed by atoms with Gasteiger partial charge in [-0.3, -0.25) is 34.3 Å². The Morgan fingerprint density at radius 2 is 1.71 bits per heavy atom. The molecular weight excluding hydrogens is 450 g/mol. The number of imide groups is 2. The molecule has 4 amide bonds. The molecule has 1 atom stereocenters. The van der Waals surface area contributed by atoms with Crippen molar-refractivity contribution in [3.63, 3.8) is 0 Å². The Kier molecular flexibility index (Phi) is 7.57. The summed E-state index contributed by atoms with van der Waals surface area (Å²) in [4.78, 5) is 53.2. The summed E-state index contributed by atoms with van der Waals surface area (Å²) in [6, 6.07) is 11.7. The predicted octanol–water partition coefficient (Wildman–Crippen LogP) is 2.14. The Morgan fingerprint density at radius 1 is 1.03 bits per heavy atom. The van der Waals surface area contributed by atoms with Crippen LogP contribution in [-0.2, 0) is 27.5 Å². The van der Waals surface area contributed by atoms with E-state index in [9.17, 15) is 19.2 Å². The molecule has 2 aromatic rings. The number of carbonyl (C=O) groups excluding carboxylic acids is 4. The summed E-state index contributed by atoms with van der Waals surface area (Å²) in [5.74, 6) is -2.11. The largest absolute Gasteiger partial charge is 0.488 e. The molecule has 9 nitrogen and oxygen atoms in total. The summed E-state index contributed by atoms with van der Waals surface area (Å²) in [6.07, 6.45) is 0.118. The number of nitrogens with one attached hydrogen (secondary N) is 1. The Morgan fingerprint density at radius 3 is 2.40 bits per heavy atom. The van der Waals surface area contributed by atoms with E-state index in [0.717, 1.165) is 43.3 Å². The lowest BCUT2D eigenvalue weighted by molar-refractivity contribution is -0.132. The monoisotopic (exact) mass is 479 g/mol. The van der Waals surface area contributed by atoms with Crippen molar-refractivity contribution in [2.45, 2.75) is 39.5 Å². The molecule has 184 valence electrons. The number of benzene rings is 2. The van der Waals surface area contributed by atoms with Crippen LogP contribution in [0.3, 0.4) is 0 Å². The van der Waals surface area contributed by atoms with Gasteiger partial charge >= 0.3 is 0 Å². The summed E-state index contributed by atoms with van der Waals surface area (Å²) in [5.41, 5.74) is 2.42. The van der Waals surface area contributed by atoms with Crippen LogP contribution in [0.25, 0.3) is 0 Å². The number of hydrogen-bond acceptors (Lipinski definition) is 7. The lowest BCUT2D eigenvalue weighted by atomic mass is 10.1. The first-order chi connectivity index (χ1) is 16.9. The van der Waals surface area contributed by atoms with Gasteiger partial charge in [-0.15, -0.1) is 0 Å². The van der Waals surface area contributed by atoms with E-state index in [1.54, 1.807) is 19.1 Å². The number of morpholine rings is 1. The Labute approximate surface area is 204 Å². The minimum Gasteiger partial charge on any atom is -0.488 e. The molecule has 1 saturated heterocycles. The van der Waals surface area contributed by atoms with E-state index < -0.39 is 29.7 Å². The minimum absolute atomic E-state index is 0.118. The van der Waals surface area contributed by atoms with E-state index in [4.69, 9.17) is 9.47 Å². The van der Waals surface area contributed by atoms with Gasteiger partial charge in [0.15, 0.2) is 0 Å². The Bertz CT molecular complexity index is 1120. The lowest BCUT2D eigenvalue weighted by Gasteiger charge is -2.26. The quantitative estimate of drug-likeness (QED) is 0.579. The number of hydrogen-bond donors (Lipinski definition) is 1. The highest BCUT2D eigenvalue weighted by atomic mass is 16.5. The van der Waals surface area contributed by atoms with Gasteiger partial charge in [0.1, 0.15) is 18.4 Å². The number of fused-ring (bicyclic) bond motifs is 1. The second-order valence-corrected chi connectivity index (χ2v) is 8.59. The standard InChI is InChI=1S/C26H29N3O6/c1-3-22(30)27-24(31)17(2)29-25(32)20-5-4-6-21(23(20)26(29)33)35-16-19-9-7-18(8-10-19)15-28-11-13-34-14-12-28/h4-10,17H,3,11-16H2,1-2H3,(H,27,30,31). The van der Waals surface area contributed by atoms with E-state index >= 15 is 0 Å². The highest BCUT2D eigenvalue weighted by Gasteiger charge is 2.43. The first-order valence-electron chi connectivity index (χ1n) is 11.7. The van der Waals surface area contributed by atoms with Crippen LogP contribution in [0.4, 0.5) is 0 Å². The Hall–Kier alpha value is -3.56. The van der Waals surface area contributed by atoms with Crippen LogP contribution in [0.1, 0.15) is 52.1 Å². The van der Waals surface area contributed by atoms with Gasteiger partial charge in [0.2, 0.25) is 11.8 Å². The highest BCUT2D eigenvalue weighted by Crippen LogP contribution is 2.32. The van der Waals surface area contributed by atoms with Crippen molar-refractivity contribution in [2.75, 3.05) is 26.3 Å². The molecule has 9 heteroatoms. The van der Waals surface area contributed by atoms with Crippen molar-refractivity contribution in [1.29, 1.82) is 0 Å². The van der Waals surface area contributed by atoms with Crippen molar-refractivity contribution in [2.24, 2.45) is 0 Å². The smallest absolute Gasteiger partial charge is 0.266 e. The van der Waals surface area contributed by atoms with Gasteiger partial charge in [-0.1, -0.05) is 37.3 Å². The molecule has 0 saturated carbocycles. The van der Waals surface area contributed by atoms with Gasteiger partial charge < -0.3 is 9.47 Å². The van der Waals surface area contributed by atoms with E-state index in [2.05, 4.69) is 22.3 Å². The van der Waals surface area contributed by atoms with Crippen LogP contribution in [0, 0.1) is 0 Å². The number of carbonyl (C=O) groups is 4. The maximum absolute atomic E-state index is 13.1. The maximum Gasteiger partial charge on any atom is 0.266 e. The molecule has 2 aromatic carbocycles. The van der Waals surface area contributed by atoms with Crippen LogP contribution in [0.15, 0.2) is 42.5 Å². The predicted molar refractivity (Wildman–Crippen MR) is 127 cm³/mol. The molecule has 0 aromatic heterocycles. The third-order valence-electron chi connectivity index (χ3n) is 6.19. The molecule has 2 heterocycles. The van der Waals surface area contributed by atoms with Gasteiger partial charge in [0.25, 0.3) is 11.8 Å². The summed E-state index contributed by atoms with van der Waals surface area (Å²) in [7, 11) is 0.